The molecule has 2 amide bonds. The molecule has 2 N–H and O–H groups in total. The van der Waals surface area contributed by atoms with Crippen LogP contribution in [0.4, 0.5) is 4.79 Å². The molecular weight excluding hydrogens is 364 g/mol. The summed E-state index contributed by atoms with van der Waals surface area (Å²) in [6.45, 7) is 0.271. The smallest absolute Gasteiger partial charge is 0.315 e. The minimum Gasteiger partial charge on any atom is -0.332 e. The molecule has 0 aliphatic rings. The Morgan fingerprint density at radius 2 is 1.52 bits per heavy atom. The van der Waals surface area contributed by atoms with Crippen molar-refractivity contribution in [2.45, 2.75) is 12.6 Å². The molecular formula is C22H20N6O. The number of rotatable bonds is 6. The fraction of sp³-hybridized carbons (Fsp3) is 0.0909. The second-order valence-electron chi connectivity index (χ2n) is 6.44. The number of urea groups is 1. The number of amides is 2. The van der Waals surface area contributed by atoms with Gasteiger partial charge in [-0.15, -0.1) is 5.10 Å². The van der Waals surface area contributed by atoms with E-state index in [4.69, 9.17) is 0 Å². The van der Waals surface area contributed by atoms with E-state index in [0.29, 0.717) is 5.69 Å². The maximum absolute atomic E-state index is 12.6. The van der Waals surface area contributed by atoms with Crippen LogP contribution in [0.1, 0.15) is 22.9 Å². The Bertz CT molecular complexity index is 1010. The van der Waals surface area contributed by atoms with Gasteiger partial charge in [0, 0.05) is 12.4 Å². The third-order valence-electron chi connectivity index (χ3n) is 4.44. The molecule has 0 aliphatic heterocycles. The minimum absolute atomic E-state index is 0.245. The zero-order valence-electron chi connectivity index (χ0n) is 15.6. The first-order chi connectivity index (χ1) is 14.3. The van der Waals surface area contributed by atoms with Crippen molar-refractivity contribution in [3.8, 4) is 5.69 Å². The molecule has 144 valence electrons. The summed E-state index contributed by atoms with van der Waals surface area (Å²) < 4.78 is 1.65. The standard InChI is InChI=1S/C22H20N6O/c29-22(24-15-19-16-28(27-26-19)20-11-13-23-14-12-20)25-21(17-7-3-1-4-8-17)18-9-5-2-6-10-18/h1-14,16,21H,15H2,(H2,24,25,29). The van der Waals surface area contributed by atoms with E-state index in [9.17, 15) is 4.79 Å². The molecule has 0 saturated heterocycles. The Balaban J connectivity index is 1.42. The lowest BCUT2D eigenvalue weighted by Crippen LogP contribution is -2.38. The average Bonchev–Trinajstić information content (AvgIpc) is 3.27. The maximum atomic E-state index is 12.6. The van der Waals surface area contributed by atoms with Crippen molar-refractivity contribution in [1.29, 1.82) is 0 Å². The number of carbonyl (C=O) groups is 1. The second-order valence-corrected chi connectivity index (χ2v) is 6.44. The Labute approximate surface area is 168 Å². The van der Waals surface area contributed by atoms with Gasteiger partial charge in [0.25, 0.3) is 0 Å². The summed E-state index contributed by atoms with van der Waals surface area (Å²) in [6.07, 6.45) is 5.16. The summed E-state index contributed by atoms with van der Waals surface area (Å²) >= 11 is 0. The van der Waals surface area contributed by atoms with Crippen molar-refractivity contribution in [3.05, 3.63) is 108 Å². The van der Waals surface area contributed by atoms with Gasteiger partial charge in [-0.25, -0.2) is 9.48 Å². The number of pyridine rings is 1. The van der Waals surface area contributed by atoms with Crippen LogP contribution in [0.25, 0.3) is 5.69 Å². The van der Waals surface area contributed by atoms with E-state index < -0.39 is 0 Å². The van der Waals surface area contributed by atoms with Gasteiger partial charge in [0.05, 0.1) is 24.5 Å². The summed E-state index contributed by atoms with van der Waals surface area (Å²) in [5.74, 6) is 0. The molecule has 7 nitrogen and oxygen atoms in total. The molecule has 2 aromatic carbocycles. The maximum Gasteiger partial charge on any atom is 0.315 e. The quantitative estimate of drug-likeness (QED) is 0.534. The van der Waals surface area contributed by atoms with Gasteiger partial charge in [-0.1, -0.05) is 65.9 Å². The summed E-state index contributed by atoms with van der Waals surface area (Å²) in [5.41, 5.74) is 3.54. The highest BCUT2D eigenvalue weighted by Gasteiger charge is 2.16. The molecule has 2 heterocycles. The van der Waals surface area contributed by atoms with E-state index in [0.717, 1.165) is 16.8 Å². The predicted molar refractivity (Wildman–Crippen MR) is 109 cm³/mol. The van der Waals surface area contributed by atoms with Crippen molar-refractivity contribution in [3.63, 3.8) is 0 Å². The van der Waals surface area contributed by atoms with Crippen LogP contribution in [0.3, 0.4) is 0 Å². The van der Waals surface area contributed by atoms with Crippen LogP contribution >= 0.6 is 0 Å². The van der Waals surface area contributed by atoms with Crippen LogP contribution in [-0.4, -0.2) is 26.0 Å². The van der Waals surface area contributed by atoms with Gasteiger partial charge in [0.1, 0.15) is 5.69 Å². The fourth-order valence-corrected chi connectivity index (χ4v) is 3.01. The molecule has 0 atom stereocenters. The van der Waals surface area contributed by atoms with Crippen LogP contribution in [-0.2, 0) is 6.54 Å². The topological polar surface area (TPSA) is 84.7 Å². The van der Waals surface area contributed by atoms with E-state index in [1.807, 2.05) is 72.8 Å². The third kappa shape index (κ3) is 4.65. The fourth-order valence-electron chi connectivity index (χ4n) is 3.01. The van der Waals surface area contributed by atoms with Gasteiger partial charge in [-0.05, 0) is 23.3 Å². The number of hydrogen-bond donors (Lipinski definition) is 2. The molecule has 0 spiro atoms. The lowest BCUT2D eigenvalue weighted by Gasteiger charge is -2.20. The Morgan fingerprint density at radius 3 is 2.14 bits per heavy atom. The van der Waals surface area contributed by atoms with Gasteiger partial charge in [-0.2, -0.15) is 0 Å². The van der Waals surface area contributed by atoms with Crippen LogP contribution in [0.2, 0.25) is 0 Å². The molecule has 0 unspecified atom stereocenters. The molecule has 0 radical (unpaired) electrons. The summed E-state index contributed by atoms with van der Waals surface area (Å²) in [6, 6.07) is 22.9. The van der Waals surface area contributed by atoms with Crippen molar-refractivity contribution < 1.29 is 4.79 Å². The largest absolute Gasteiger partial charge is 0.332 e. The molecule has 4 aromatic rings. The molecule has 29 heavy (non-hydrogen) atoms. The van der Waals surface area contributed by atoms with E-state index in [-0.39, 0.29) is 18.6 Å². The molecule has 0 bridgehead atoms. The van der Waals surface area contributed by atoms with Crippen LogP contribution in [0.15, 0.2) is 91.4 Å². The van der Waals surface area contributed by atoms with Crippen LogP contribution in [0, 0.1) is 0 Å². The SMILES string of the molecule is O=C(NCc1cn(-c2ccncc2)nn1)NC(c1ccccc1)c1ccccc1. The Morgan fingerprint density at radius 1 is 0.897 bits per heavy atom. The molecule has 0 saturated carbocycles. The Kier molecular flexibility index (Phi) is 5.57. The monoisotopic (exact) mass is 384 g/mol. The second kappa shape index (κ2) is 8.79. The molecule has 0 fully saturated rings. The minimum atomic E-state index is -0.277. The first kappa shape index (κ1) is 18.4. The van der Waals surface area contributed by atoms with Gasteiger partial charge in [-0.3, -0.25) is 4.98 Å². The highest BCUT2D eigenvalue weighted by Crippen LogP contribution is 2.21. The van der Waals surface area contributed by atoms with E-state index in [1.165, 1.54) is 0 Å². The Hall–Kier alpha value is -4.00. The van der Waals surface area contributed by atoms with Crippen molar-refractivity contribution in [1.82, 2.24) is 30.6 Å². The molecule has 0 aliphatic carbocycles. The highest BCUT2D eigenvalue weighted by atomic mass is 16.2. The van der Waals surface area contributed by atoms with Gasteiger partial charge in [0.2, 0.25) is 0 Å². The summed E-state index contributed by atoms with van der Waals surface area (Å²) in [7, 11) is 0. The number of nitrogens with one attached hydrogen (secondary N) is 2. The summed E-state index contributed by atoms with van der Waals surface area (Å²) in [4.78, 5) is 16.6. The zero-order chi connectivity index (χ0) is 19.9. The zero-order valence-corrected chi connectivity index (χ0v) is 15.6. The number of benzene rings is 2. The summed E-state index contributed by atoms with van der Waals surface area (Å²) in [5, 5.41) is 14.1. The van der Waals surface area contributed by atoms with E-state index in [2.05, 4.69) is 25.9 Å². The lowest BCUT2D eigenvalue weighted by molar-refractivity contribution is 0.238. The normalized spacial score (nSPS) is 10.7. The van der Waals surface area contributed by atoms with Crippen molar-refractivity contribution in [2.24, 2.45) is 0 Å². The molecule has 7 heteroatoms. The van der Waals surface area contributed by atoms with Crippen molar-refractivity contribution >= 4 is 6.03 Å². The highest BCUT2D eigenvalue weighted by molar-refractivity contribution is 5.75. The lowest BCUT2D eigenvalue weighted by atomic mass is 9.99. The predicted octanol–water partition coefficient (Wildman–Crippen LogP) is 3.25. The van der Waals surface area contributed by atoms with Gasteiger partial charge in [0.15, 0.2) is 0 Å². The molecule has 4 rings (SSSR count). The number of hydrogen-bond acceptors (Lipinski definition) is 4. The first-order valence-corrected chi connectivity index (χ1v) is 9.25. The van der Waals surface area contributed by atoms with Gasteiger partial charge < -0.3 is 10.6 Å². The van der Waals surface area contributed by atoms with Crippen LogP contribution in [0.5, 0.6) is 0 Å². The third-order valence-corrected chi connectivity index (χ3v) is 4.44. The van der Waals surface area contributed by atoms with Crippen molar-refractivity contribution in [2.75, 3.05) is 0 Å². The number of aromatic nitrogens is 4. The molecule has 2 aromatic heterocycles. The van der Waals surface area contributed by atoms with E-state index >= 15 is 0 Å². The number of carbonyl (C=O) groups excluding carboxylic acids is 1. The average molecular weight is 384 g/mol. The first-order valence-electron chi connectivity index (χ1n) is 9.25. The van der Waals surface area contributed by atoms with Crippen LogP contribution < -0.4 is 10.6 Å². The van der Waals surface area contributed by atoms with Gasteiger partial charge >= 0.3 is 6.03 Å². The van der Waals surface area contributed by atoms with E-state index in [1.54, 1.807) is 23.3 Å². The number of nitrogens with zero attached hydrogens (tertiary/aromatic N) is 4.